The second kappa shape index (κ2) is 1.52. The van der Waals surface area contributed by atoms with Crippen molar-refractivity contribution >= 4 is 5.71 Å². The summed E-state index contributed by atoms with van der Waals surface area (Å²) in [6.45, 7) is 2.18. The molecule has 1 fully saturated rings. The Bertz CT molecular complexity index is 96.3. The SMILES string of the molecule is CNN=C1CC1C. The molecule has 0 aromatic rings. The highest BCUT2D eigenvalue weighted by atomic mass is 15.3. The Morgan fingerprint density at radius 2 is 2.43 bits per heavy atom. The van der Waals surface area contributed by atoms with Gasteiger partial charge in [-0.2, -0.15) is 5.10 Å². The predicted octanol–water partition coefficient (Wildman–Crippen LogP) is 0.602. The summed E-state index contributed by atoms with van der Waals surface area (Å²) < 4.78 is 0. The molecule has 40 valence electrons. The zero-order valence-corrected chi connectivity index (χ0v) is 4.73. The van der Waals surface area contributed by atoms with Crippen molar-refractivity contribution in [2.75, 3.05) is 7.05 Å². The summed E-state index contributed by atoms with van der Waals surface area (Å²) in [7, 11) is 1.83. The Morgan fingerprint density at radius 1 is 1.86 bits per heavy atom. The van der Waals surface area contributed by atoms with E-state index in [1.165, 1.54) is 12.1 Å². The minimum Gasteiger partial charge on any atom is -0.313 e. The highest BCUT2D eigenvalue weighted by Gasteiger charge is 2.25. The molecule has 1 unspecified atom stereocenters. The van der Waals surface area contributed by atoms with E-state index in [1.807, 2.05) is 7.05 Å². The van der Waals surface area contributed by atoms with Gasteiger partial charge in [-0.3, -0.25) is 0 Å². The molecule has 0 aliphatic heterocycles. The number of hydrogen-bond donors (Lipinski definition) is 1. The summed E-state index contributed by atoms with van der Waals surface area (Å²) in [6.07, 6.45) is 1.20. The summed E-state index contributed by atoms with van der Waals surface area (Å²) in [5, 5.41) is 3.98. The summed E-state index contributed by atoms with van der Waals surface area (Å²) in [6, 6.07) is 0. The molecule has 0 heterocycles. The van der Waals surface area contributed by atoms with E-state index < -0.39 is 0 Å². The molecule has 0 saturated heterocycles. The second-order valence-corrected chi connectivity index (χ2v) is 1.93. The molecule has 0 spiro atoms. The number of hydrazone groups is 1. The van der Waals surface area contributed by atoms with Crippen LogP contribution in [0.1, 0.15) is 13.3 Å². The van der Waals surface area contributed by atoms with Gasteiger partial charge in [0.2, 0.25) is 0 Å². The molecule has 1 N–H and O–H groups in total. The lowest BCUT2D eigenvalue weighted by Gasteiger charge is -1.79. The molecule has 1 aliphatic carbocycles. The molecule has 0 bridgehead atoms. The van der Waals surface area contributed by atoms with E-state index in [9.17, 15) is 0 Å². The molecule has 1 rings (SSSR count). The van der Waals surface area contributed by atoms with E-state index in [0.29, 0.717) is 0 Å². The molecule has 0 aromatic heterocycles. The zero-order valence-electron chi connectivity index (χ0n) is 4.73. The highest BCUT2D eigenvalue weighted by molar-refractivity contribution is 6.00. The lowest BCUT2D eigenvalue weighted by Crippen LogP contribution is -1.93. The van der Waals surface area contributed by atoms with Gasteiger partial charge >= 0.3 is 0 Å². The Labute approximate surface area is 43.6 Å². The monoisotopic (exact) mass is 98.1 g/mol. The van der Waals surface area contributed by atoms with Gasteiger partial charge in [-0.25, -0.2) is 0 Å². The average Bonchev–Trinajstić information content (AvgIpc) is 2.22. The maximum atomic E-state index is 3.98. The molecule has 7 heavy (non-hydrogen) atoms. The van der Waals surface area contributed by atoms with Crippen molar-refractivity contribution in [3.63, 3.8) is 0 Å². The van der Waals surface area contributed by atoms with Crippen LogP contribution in [-0.2, 0) is 0 Å². The van der Waals surface area contributed by atoms with Gasteiger partial charge in [-0.15, -0.1) is 0 Å². The van der Waals surface area contributed by atoms with Crippen molar-refractivity contribution in [3.8, 4) is 0 Å². The van der Waals surface area contributed by atoms with Crippen LogP contribution in [0.4, 0.5) is 0 Å². The van der Waals surface area contributed by atoms with Crippen LogP contribution in [0.3, 0.4) is 0 Å². The second-order valence-electron chi connectivity index (χ2n) is 1.93. The number of rotatable bonds is 1. The fraction of sp³-hybridized carbons (Fsp3) is 0.800. The third kappa shape index (κ3) is 0.918. The first-order valence-electron chi connectivity index (χ1n) is 2.58. The van der Waals surface area contributed by atoms with Crippen molar-refractivity contribution in [1.82, 2.24) is 5.43 Å². The Hall–Kier alpha value is -0.530. The normalized spacial score (nSPS) is 33.4. The molecule has 0 radical (unpaired) electrons. The summed E-state index contributed by atoms with van der Waals surface area (Å²) in [4.78, 5) is 0. The number of hydrogen-bond acceptors (Lipinski definition) is 2. The van der Waals surface area contributed by atoms with Crippen LogP contribution < -0.4 is 5.43 Å². The van der Waals surface area contributed by atoms with Gasteiger partial charge in [0.15, 0.2) is 0 Å². The molecule has 0 aromatic carbocycles. The van der Waals surface area contributed by atoms with Crippen molar-refractivity contribution in [3.05, 3.63) is 0 Å². The molecule has 1 atom stereocenters. The van der Waals surface area contributed by atoms with Gasteiger partial charge in [-0.1, -0.05) is 6.92 Å². The lowest BCUT2D eigenvalue weighted by molar-refractivity contribution is 0.900. The van der Waals surface area contributed by atoms with Crippen LogP contribution in [0.5, 0.6) is 0 Å². The molecular formula is C5H10N2. The first kappa shape index (κ1) is 4.62. The van der Waals surface area contributed by atoms with Crippen LogP contribution >= 0.6 is 0 Å². The van der Waals surface area contributed by atoms with Gasteiger partial charge in [0.25, 0.3) is 0 Å². The molecular weight excluding hydrogens is 88.1 g/mol. The first-order valence-corrected chi connectivity index (χ1v) is 2.58. The fourth-order valence-corrected chi connectivity index (χ4v) is 0.554. The average molecular weight is 98.1 g/mol. The molecule has 2 heteroatoms. The number of nitrogens with zero attached hydrogens (tertiary/aromatic N) is 1. The smallest absolute Gasteiger partial charge is 0.0416 e. The van der Waals surface area contributed by atoms with Gasteiger partial charge < -0.3 is 5.43 Å². The van der Waals surface area contributed by atoms with E-state index in [-0.39, 0.29) is 0 Å². The van der Waals surface area contributed by atoms with Gasteiger partial charge in [0, 0.05) is 18.7 Å². The van der Waals surface area contributed by atoms with E-state index >= 15 is 0 Å². The first-order chi connectivity index (χ1) is 3.34. The number of nitrogens with one attached hydrogen (secondary N) is 1. The predicted molar refractivity (Wildman–Crippen MR) is 30.3 cm³/mol. The minimum absolute atomic E-state index is 0.757. The van der Waals surface area contributed by atoms with E-state index in [0.717, 1.165) is 5.92 Å². The maximum absolute atomic E-state index is 3.98. The van der Waals surface area contributed by atoms with Crippen LogP contribution in [0.15, 0.2) is 5.10 Å². The largest absolute Gasteiger partial charge is 0.313 e. The molecule has 0 amide bonds. The van der Waals surface area contributed by atoms with Gasteiger partial charge in [0.1, 0.15) is 0 Å². The van der Waals surface area contributed by atoms with E-state index in [4.69, 9.17) is 0 Å². The van der Waals surface area contributed by atoms with Crippen LogP contribution in [0.2, 0.25) is 0 Å². The molecule has 1 saturated carbocycles. The molecule has 1 aliphatic rings. The Balaban J connectivity index is 2.30. The Kier molecular flexibility index (Phi) is 1.01. The summed E-state index contributed by atoms with van der Waals surface area (Å²) >= 11 is 0. The van der Waals surface area contributed by atoms with Crippen molar-refractivity contribution < 1.29 is 0 Å². The van der Waals surface area contributed by atoms with Gasteiger partial charge in [0.05, 0.1) is 0 Å². The van der Waals surface area contributed by atoms with E-state index in [1.54, 1.807) is 0 Å². The van der Waals surface area contributed by atoms with Crippen molar-refractivity contribution in [2.45, 2.75) is 13.3 Å². The van der Waals surface area contributed by atoms with Crippen molar-refractivity contribution in [1.29, 1.82) is 0 Å². The summed E-state index contributed by atoms with van der Waals surface area (Å²) in [5.74, 6) is 0.757. The zero-order chi connectivity index (χ0) is 5.28. The fourth-order valence-electron chi connectivity index (χ4n) is 0.554. The molecule has 2 nitrogen and oxygen atoms in total. The third-order valence-corrected chi connectivity index (χ3v) is 1.18. The van der Waals surface area contributed by atoms with Crippen LogP contribution in [-0.4, -0.2) is 12.8 Å². The van der Waals surface area contributed by atoms with E-state index in [2.05, 4.69) is 17.5 Å². The standard InChI is InChI=1S/C5H10N2/c1-4-3-5(4)7-6-2/h4,6H,3H2,1-2H3. The van der Waals surface area contributed by atoms with Gasteiger partial charge in [-0.05, 0) is 6.42 Å². The highest BCUT2D eigenvalue weighted by Crippen LogP contribution is 2.23. The van der Waals surface area contributed by atoms with Crippen LogP contribution in [0.25, 0.3) is 0 Å². The third-order valence-electron chi connectivity index (χ3n) is 1.18. The van der Waals surface area contributed by atoms with Crippen LogP contribution in [0, 0.1) is 5.92 Å². The Morgan fingerprint density at radius 3 is 2.57 bits per heavy atom. The minimum atomic E-state index is 0.757. The lowest BCUT2D eigenvalue weighted by atomic mass is 10.5. The maximum Gasteiger partial charge on any atom is 0.0416 e. The topological polar surface area (TPSA) is 24.4 Å². The summed E-state index contributed by atoms with van der Waals surface area (Å²) in [5.41, 5.74) is 4.06. The van der Waals surface area contributed by atoms with Crippen molar-refractivity contribution in [2.24, 2.45) is 11.0 Å². The quantitative estimate of drug-likeness (QED) is 0.477.